The lowest BCUT2D eigenvalue weighted by Gasteiger charge is -2.15. The zero-order chi connectivity index (χ0) is 15.1. The molecule has 0 fully saturated rings. The monoisotopic (exact) mass is 342 g/mol. The van der Waals surface area contributed by atoms with Gasteiger partial charge in [-0.1, -0.05) is 22.0 Å². The molecule has 0 saturated carbocycles. The van der Waals surface area contributed by atoms with Gasteiger partial charge in [0.2, 0.25) is 5.96 Å². The normalized spacial score (nSPS) is 10.8. The lowest BCUT2D eigenvalue weighted by Crippen LogP contribution is -2.39. The van der Waals surface area contributed by atoms with Crippen LogP contribution in [0.4, 0.5) is 10.5 Å². The molecule has 1 aromatic rings. The highest BCUT2D eigenvalue weighted by Gasteiger charge is 2.10. The van der Waals surface area contributed by atoms with E-state index in [0.29, 0.717) is 5.69 Å². The first-order valence-electron chi connectivity index (χ1n) is 5.61. The van der Waals surface area contributed by atoms with Gasteiger partial charge in [-0.15, -0.1) is 0 Å². The number of nitrogens with one attached hydrogen (secondary N) is 1. The Kier molecular flexibility index (Phi) is 5.98. The molecule has 2 amide bonds. The molecule has 108 valence electrons. The number of nitrogens with two attached hydrogens (primary N) is 1. The second-order valence-electron chi connectivity index (χ2n) is 3.84. The van der Waals surface area contributed by atoms with Crippen molar-refractivity contribution in [2.45, 2.75) is 0 Å². The molecule has 0 bridgehead atoms. The number of carbonyl (C=O) groups is 2. The van der Waals surface area contributed by atoms with Gasteiger partial charge in [-0.05, 0) is 18.2 Å². The van der Waals surface area contributed by atoms with Crippen LogP contribution >= 0.6 is 15.9 Å². The molecule has 1 aromatic carbocycles. The number of carbonyl (C=O) groups excluding carboxylic acids is 2. The molecule has 3 N–H and O–H groups in total. The van der Waals surface area contributed by atoms with Crippen LogP contribution in [-0.2, 0) is 9.53 Å². The maximum atomic E-state index is 11.7. The first kappa shape index (κ1) is 16.0. The predicted molar refractivity (Wildman–Crippen MR) is 79.4 cm³/mol. The molecule has 20 heavy (non-hydrogen) atoms. The lowest BCUT2D eigenvalue weighted by molar-refractivity contribution is -0.140. The van der Waals surface area contributed by atoms with Crippen molar-refractivity contribution >= 4 is 39.6 Å². The van der Waals surface area contributed by atoms with Crippen molar-refractivity contribution < 1.29 is 14.3 Å². The molecular formula is C12H15BrN4O3. The van der Waals surface area contributed by atoms with Gasteiger partial charge in [-0.3, -0.25) is 4.79 Å². The highest BCUT2D eigenvalue weighted by molar-refractivity contribution is 9.10. The highest BCUT2D eigenvalue weighted by atomic mass is 79.9. The van der Waals surface area contributed by atoms with Crippen molar-refractivity contribution in [2.24, 2.45) is 10.7 Å². The number of aliphatic imine (C=N–C) groups is 1. The smallest absolute Gasteiger partial charge is 0.348 e. The van der Waals surface area contributed by atoms with Gasteiger partial charge >= 0.3 is 12.0 Å². The summed E-state index contributed by atoms with van der Waals surface area (Å²) in [4.78, 5) is 27.7. The number of amides is 2. The Morgan fingerprint density at radius 3 is 2.80 bits per heavy atom. The number of rotatable bonds is 3. The van der Waals surface area contributed by atoms with Crippen LogP contribution < -0.4 is 11.1 Å². The number of hydrogen-bond acceptors (Lipinski definition) is 3. The molecule has 1 rings (SSSR count). The van der Waals surface area contributed by atoms with Crippen molar-refractivity contribution in [2.75, 3.05) is 26.0 Å². The van der Waals surface area contributed by atoms with Gasteiger partial charge in [0.05, 0.1) is 7.11 Å². The number of benzene rings is 1. The third-order valence-corrected chi connectivity index (χ3v) is 2.77. The van der Waals surface area contributed by atoms with Crippen LogP contribution in [0.1, 0.15) is 0 Å². The summed E-state index contributed by atoms with van der Waals surface area (Å²) >= 11 is 3.29. The molecule has 0 unspecified atom stereocenters. The number of ether oxygens (including phenoxy) is 1. The number of hydrogen-bond donors (Lipinski definition) is 2. The summed E-state index contributed by atoms with van der Waals surface area (Å²) in [6, 6.07) is 6.42. The van der Waals surface area contributed by atoms with E-state index in [2.05, 4.69) is 31.0 Å². The van der Waals surface area contributed by atoms with Gasteiger partial charge in [-0.2, -0.15) is 4.99 Å². The fourth-order valence-electron chi connectivity index (χ4n) is 1.25. The molecule has 0 aliphatic rings. The summed E-state index contributed by atoms with van der Waals surface area (Å²) in [5.41, 5.74) is 6.18. The van der Waals surface area contributed by atoms with Crippen LogP contribution in [-0.4, -0.2) is 43.6 Å². The van der Waals surface area contributed by atoms with Gasteiger partial charge in [0, 0.05) is 17.2 Å². The number of guanidine groups is 1. The van der Waals surface area contributed by atoms with E-state index < -0.39 is 12.0 Å². The average Bonchev–Trinajstić information content (AvgIpc) is 2.38. The zero-order valence-corrected chi connectivity index (χ0v) is 12.7. The van der Waals surface area contributed by atoms with Crippen LogP contribution in [0.3, 0.4) is 0 Å². The third kappa shape index (κ3) is 5.27. The zero-order valence-electron chi connectivity index (χ0n) is 11.1. The molecule has 0 radical (unpaired) electrons. The standard InChI is InChI=1S/C12H15BrN4O3/c1-17(7-10(18)20-2)11(14)16-12(19)15-9-5-3-4-8(13)6-9/h3-6H,7H2,1-2H3,(H3,14,15,16,19). The number of halogens is 1. The number of esters is 1. The van der Waals surface area contributed by atoms with Crippen molar-refractivity contribution in [1.82, 2.24) is 4.90 Å². The summed E-state index contributed by atoms with van der Waals surface area (Å²) in [7, 11) is 2.80. The lowest BCUT2D eigenvalue weighted by atomic mass is 10.3. The Morgan fingerprint density at radius 2 is 2.20 bits per heavy atom. The largest absolute Gasteiger partial charge is 0.468 e. The number of likely N-dealkylation sites (N-methyl/N-ethyl adjacent to an activating group) is 1. The van der Waals surface area contributed by atoms with Crippen molar-refractivity contribution in [1.29, 1.82) is 0 Å². The second-order valence-corrected chi connectivity index (χ2v) is 4.76. The Bertz CT molecular complexity index is 533. The first-order valence-corrected chi connectivity index (χ1v) is 6.40. The van der Waals surface area contributed by atoms with E-state index in [1.54, 1.807) is 18.2 Å². The minimum Gasteiger partial charge on any atom is -0.468 e. The molecule has 0 aliphatic carbocycles. The van der Waals surface area contributed by atoms with Crippen molar-refractivity contribution in [3.05, 3.63) is 28.7 Å². The fraction of sp³-hybridized carbons (Fsp3) is 0.250. The number of methoxy groups -OCH3 is 1. The molecular weight excluding hydrogens is 328 g/mol. The van der Waals surface area contributed by atoms with E-state index in [1.165, 1.54) is 19.1 Å². The molecule has 7 nitrogen and oxygen atoms in total. The van der Waals surface area contributed by atoms with Crippen LogP contribution in [0.2, 0.25) is 0 Å². The van der Waals surface area contributed by atoms with E-state index >= 15 is 0 Å². The highest BCUT2D eigenvalue weighted by Crippen LogP contribution is 2.15. The van der Waals surface area contributed by atoms with E-state index in [0.717, 1.165) is 4.47 Å². The van der Waals surface area contributed by atoms with E-state index in [-0.39, 0.29) is 12.5 Å². The predicted octanol–water partition coefficient (Wildman–Crippen LogP) is 1.40. The summed E-state index contributed by atoms with van der Waals surface area (Å²) in [5.74, 6) is -0.555. The van der Waals surface area contributed by atoms with Crippen LogP contribution in [0.25, 0.3) is 0 Å². The Labute approximate surface area is 124 Å². The second kappa shape index (κ2) is 7.49. The number of urea groups is 1. The van der Waals surface area contributed by atoms with Gasteiger partial charge in [-0.25, -0.2) is 4.79 Å². The average molecular weight is 343 g/mol. The minimum absolute atomic E-state index is 0.0807. The third-order valence-electron chi connectivity index (χ3n) is 2.28. The van der Waals surface area contributed by atoms with Crippen LogP contribution in [0.15, 0.2) is 33.7 Å². The number of nitrogens with zero attached hydrogens (tertiary/aromatic N) is 2. The topological polar surface area (TPSA) is 97.0 Å². The summed E-state index contributed by atoms with van der Waals surface area (Å²) < 4.78 is 5.32. The maximum Gasteiger partial charge on any atom is 0.348 e. The summed E-state index contributed by atoms with van der Waals surface area (Å²) in [6.07, 6.45) is 0. The SMILES string of the molecule is COC(=O)CN(C)C(N)=NC(=O)Nc1cccc(Br)c1. The minimum atomic E-state index is -0.627. The fourth-order valence-corrected chi connectivity index (χ4v) is 1.65. The van der Waals surface area contributed by atoms with E-state index in [9.17, 15) is 9.59 Å². The first-order chi connectivity index (χ1) is 9.42. The van der Waals surface area contributed by atoms with Gasteiger partial charge in [0.1, 0.15) is 6.54 Å². The van der Waals surface area contributed by atoms with Crippen molar-refractivity contribution in [3.8, 4) is 0 Å². The van der Waals surface area contributed by atoms with Gasteiger partial charge < -0.3 is 20.7 Å². The number of anilines is 1. The molecule has 0 spiro atoms. The maximum absolute atomic E-state index is 11.7. The molecule has 0 atom stereocenters. The quantitative estimate of drug-likeness (QED) is 0.491. The van der Waals surface area contributed by atoms with Gasteiger partial charge in [0.25, 0.3) is 0 Å². The van der Waals surface area contributed by atoms with E-state index in [1.807, 2.05) is 6.07 Å². The molecule has 0 aromatic heterocycles. The molecule has 0 heterocycles. The Hall–Kier alpha value is -2.09. The van der Waals surface area contributed by atoms with Crippen LogP contribution in [0, 0.1) is 0 Å². The molecule has 8 heteroatoms. The summed E-state index contributed by atoms with van der Waals surface area (Å²) in [6.45, 7) is -0.0873. The van der Waals surface area contributed by atoms with Gasteiger partial charge in [0.15, 0.2) is 0 Å². The van der Waals surface area contributed by atoms with Crippen molar-refractivity contribution in [3.63, 3.8) is 0 Å². The Balaban J connectivity index is 2.63. The van der Waals surface area contributed by atoms with Crippen LogP contribution in [0.5, 0.6) is 0 Å². The van der Waals surface area contributed by atoms with E-state index in [4.69, 9.17) is 5.73 Å². The summed E-state index contributed by atoms with van der Waals surface area (Å²) in [5, 5.41) is 2.56. The Morgan fingerprint density at radius 1 is 1.50 bits per heavy atom. The molecule has 0 aliphatic heterocycles. The molecule has 0 saturated heterocycles.